The Morgan fingerprint density at radius 3 is 2.57 bits per heavy atom. The van der Waals surface area contributed by atoms with Crippen molar-refractivity contribution in [3.63, 3.8) is 0 Å². The summed E-state index contributed by atoms with van der Waals surface area (Å²) in [6.45, 7) is 2.25. The Kier molecular flexibility index (Phi) is 5.81. The molecule has 0 aromatic rings. The zero-order chi connectivity index (χ0) is 10.3. The molecule has 0 aliphatic carbocycles. The van der Waals surface area contributed by atoms with Gasteiger partial charge < -0.3 is 0 Å². The van der Waals surface area contributed by atoms with E-state index in [-0.39, 0.29) is 0 Å². The molecule has 14 heavy (non-hydrogen) atoms. The van der Waals surface area contributed by atoms with Crippen molar-refractivity contribution in [3.05, 3.63) is 0 Å². The molecule has 1 rings (SSSR count). The summed E-state index contributed by atoms with van der Waals surface area (Å²) in [4.78, 5) is 0. The second kappa shape index (κ2) is 6.63. The fraction of sp³-hybridized carbons (Fsp3) is 0.909. The van der Waals surface area contributed by atoms with Crippen molar-refractivity contribution in [2.24, 2.45) is 0 Å². The van der Waals surface area contributed by atoms with Gasteiger partial charge >= 0.3 is 0 Å². The predicted octanol–water partition coefficient (Wildman–Crippen LogP) is 4.05. The van der Waals surface area contributed by atoms with Crippen molar-refractivity contribution in [1.29, 1.82) is 5.26 Å². The van der Waals surface area contributed by atoms with Crippen LogP contribution in [0, 0.1) is 11.3 Å². The Bertz CT molecular complexity index is 192. The van der Waals surface area contributed by atoms with Crippen molar-refractivity contribution in [3.8, 4) is 6.07 Å². The molecule has 0 saturated carbocycles. The lowest BCUT2D eigenvalue weighted by Crippen LogP contribution is -2.25. The van der Waals surface area contributed by atoms with Gasteiger partial charge in [0.2, 0.25) is 0 Å². The van der Waals surface area contributed by atoms with Crippen molar-refractivity contribution >= 4 is 23.5 Å². The average molecular weight is 229 g/mol. The van der Waals surface area contributed by atoms with Crippen LogP contribution in [-0.4, -0.2) is 15.6 Å². The first kappa shape index (κ1) is 12.3. The third kappa shape index (κ3) is 3.74. The maximum absolute atomic E-state index is 8.67. The molecule has 1 aliphatic heterocycles. The molecule has 1 aliphatic rings. The zero-order valence-corrected chi connectivity index (χ0v) is 10.6. The molecule has 3 heteroatoms. The van der Waals surface area contributed by atoms with E-state index in [0.29, 0.717) is 4.08 Å². The molecule has 80 valence electrons. The van der Waals surface area contributed by atoms with E-state index in [1.54, 1.807) is 0 Å². The number of rotatable bonds is 5. The topological polar surface area (TPSA) is 23.8 Å². The molecule has 1 fully saturated rings. The quantitative estimate of drug-likeness (QED) is 0.710. The lowest BCUT2D eigenvalue weighted by atomic mass is 10.1. The van der Waals surface area contributed by atoms with Gasteiger partial charge in [0.25, 0.3) is 0 Å². The van der Waals surface area contributed by atoms with Gasteiger partial charge in [0.1, 0.15) is 0 Å². The molecule has 0 unspecified atom stereocenters. The van der Waals surface area contributed by atoms with E-state index in [9.17, 15) is 0 Å². The van der Waals surface area contributed by atoms with Gasteiger partial charge in [-0.1, -0.05) is 19.8 Å². The van der Waals surface area contributed by atoms with Crippen molar-refractivity contribution in [1.82, 2.24) is 0 Å². The third-order valence-corrected chi connectivity index (χ3v) is 6.11. The van der Waals surface area contributed by atoms with Gasteiger partial charge in [-0.05, 0) is 30.8 Å². The highest BCUT2D eigenvalue weighted by Crippen LogP contribution is 2.48. The molecule has 0 aromatic carbocycles. The van der Waals surface area contributed by atoms with Gasteiger partial charge in [-0.3, -0.25) is 0 Å². The minimum absolute atomic E-state index is 0.393. The smallest absolute Gasteiger partial charge is 0.0622 e. The van der Waals surface area contributed by atoms with Gasteiger partial charge in [0.05, 0.1) is 10.1 Å². The van der Waals surface area contributed by atoms with E-state index in [0.717, 1.165) is 12.8 Å². The van der Waals surface area contributed by atoms with Gasteiger partial charge in [-0.2, -0.15) is 5.26 Å². The van der Waals surface area contributed by atoms with Crippen molar-refractivity contribution in [2.75, 3.05) is 11.5 Å². The molecule has 0 amide bonds. The Balaban J connectivity index is 2.44. The van der Waals surface area contributed by atoms with Crippen LogP contribution in [0.5, 0.6) is 0 Å². The molecule has 0 atom stereocenters. The number of hydrogen-bond acceptors (Lipinski definition) is 3. The Labute approximate surface area is 96.0 Å². The van der Waals surface area contributed by atoms with Crippen LogP contribution in [0.2, 0.25) is 0 Å². The van der Waals surface area contributed by atoms with Crippen LogP contribution < -0.4 is 0 Å². The minimum atomic E-state index is 0.393. The zero-order valence-electron chi connectivity index (χ0n) is 8.92. The van der Waals surface area contributed by atoms with E-state index in [2.05, 4.69) is 36.5 Å². The molecule has 0 N–H and O–H groups in total. The summed E-state index contributed by atoms with van der Waals surface area (Å²) in [5, 5.41) is 8.67. The number of unbranched alkanes of at least 4 members (excludes halogenated alkanes) is 1. The van der Waals surface area contributed by atoms with E-state index in [4.69, 9.17) is 5.26 Å². The molecule has 1 heterocycles. The summed E-state index contributed by atoms with van der Waals surface area (Å²) in [5.74, 6) is 2.59. The van der Waals surface area contributed by atoms with E-state index >= 15 is 0 Å². The first-order valence-corrected chi connectivity index (χ1v) is 7.45. The second-order valence-electron chi connectivity index (χ2n) is 3.72. The summed E-state index contributed by atoms with van der Waals surface area (Å²) < 4.78 is 0.393. The molecular formula is C11H19NS2. The second-order valence-corrected chi connectivity index (χ2v) is 6.94. The SMILES string of the molecule is CCCCC1(CCC#N)SCCCS1. The molecule has 0 radical (unpaired) electrons. The highest BCUT2D eigenvalue weighted by molar-refractivity contribution is 8.18. The number of thioether (sulfide) groups is 2. The van der Waals surface area contributed by atoms with Crippen LogP contribution in [0.15, 0.2) is 0 Å². The Morgan fingerprint density at radius 2 is 2.00 bits per heavy atom. The molecule has 1 nitrogen and oxygen atoms in total. The van der Waals surface area contributed by atoms with Gasteiger partial charge in [0, 0.05) is 6.42 Å². The first-order valence-electron chi connectivity index (χ1n) is 5.48. The normalized spacial score (nSPS) is 20.3. The van der Waals surface area contributed by atoms with E-state index in [1.807, 2.05) is 0 Å². The van der Waals surface area contributed by atoms with Gasteiger partial charge in [0.15, 0.2) is 0 Å². The summed E-state index contributed by atoms with van der Waals surface area (Å²) in [5.41, 5.74) is 0. The standard InChI is InChI=1S/C11H19NS2/c1-2-3-6-11(7-4-8-12)13-9-5-10-14-11/h2-7,9-10H2,1H3. The van der Waals surface area contributed by atoms with Gasteiger partial charge in [-0.25, -0.2) is 0 Å². The largest absolute Gasteiger partial charge is 0.198 e. The summed E-state index contributed by atoms with van der Waals surface area (Å²) in [6.07, 6.45) is 7.03. The third-order valence-electron chi connectivity index (χ3n) is 2.55. The van der Waals surface area contributed by atoms with Crippen LogP contribution >= 0.6 is 23.5 Å². The lowest BCUT2D eigenvalue weighted by Gasteiger charge is -2.35. The first-order chi connectivity index (χ1) is 6.83. The number of nitriles is 1. The van der Waals surface area contributed by atoms with Crippen LogP contribution in [0.1, 0.15) is 45.4 Å². The molecular weight excluding hydrogens is 210 g/mol. The van der Waals surface area contributed by atoms with Crippen molar-refractivity contribution in [2.45, 2.75) is 49.5 Å². The summed E-state index contributed by atoms with van der Waals surface area (Å²) >= 11 is 4.20. The molecule has 0 bridgehead atoms. The minimum Gasteiger partial charge on any atom is -0.198 e. The van der Waals surface area contributed by atoms with E-state index in [1.165, 1.54) is 37.2 Å². The van der Waals surface area contributed by atoms with E-state index < -0.39 is 0 Å². The average Bonchev–Trinajstić information content (AvgIpc) is 2.25. The Hall–Kier alpha value is 0.190. The van der Waals surface area contributed by atoms with Crippen LogP contribution in [-0.2, 0) is 0 Å². The highest BCUT2D eigenvalue weighted by atomic mass is 32.2. The van der Waals surface area contributed by atoms with Crippen LogP contribution in [0.4, 0.5) is 0 Å². The fourth-order valence-corrected chi connectivity index (χ4v) is 5.13. The monoisotopic (exact) mass is 229 g/mol. The van der Waals surface area contributed by atoms with Gasteiger partial charge in [-0.15, -0.1) is 23.5 Å². The van der Waals surface area contributed by atoms with Crippen molar-refractivity contribution < 1.29 is 0 Å². The molecule has 0 aromatic heterocycles. The molecule has 0 spiro atoms. The predicted molar refractivity (Wildman–Crippen MR) is 66.6 cm³/mol. The summed E-state index contributed by atoms with van der Waals surface area (Å²) in [7, 11) is 0. The Morgan fingerprint density at radius 1 is 1.29 bits per heavy atom. The van der Waals surface area contributed by atoms with Crippen LogP contribution in [0.25, 0.3) is 0 Å². The lowest BCUT2D eigenvalue weighted by molar-refractivity contribution is 0.616. The maximum Gasteiger partial charge on any atom is 0.0622 e. The highest BCUT2D eigenvalue weighted by Gasteiger charge is 2.32. The molecule has 1 saturated heterocycles. The van der Waals surface area contributed by atoms with Crippen LogP contribution in [0.3, 0.4) is 0 Å². The number of hydrogen-bond donors (Lipinski definition) is 0. The number of nitrogens with zero attached hydrogens (tertiary/aromatic N) is 1. The fourth-order valence-electron chi connectivity index (χ4n) is 1.72. The maximum atomic E-state index is 8.67. The summed E-state index contributed by atoms with van der Waals surface area (Å²) in [6, 6.07) is 2.29.